The highest BCUT2D eigenvalue weighted by Gasteiger charge is 2.05. The Kier molecular flexibility index (Phi) is 4.81. The molecule has 0 aliphatic carbocycles. The predicted molar refractivity (Wildman–Crippen MR) is 74.5 cm³/mol. The molecule has 2 rings (SSSR count). The third-order valence-electron chi connectivity index (χ3n) is 2.86. The second kappa shape index (κ2) is 6.81. The van der Waals surface area contributed by atoms with E-state index in [0.717, 1.165) is 22.6 Å². The maximum atomic E-state index is 5.71. The molecule has 0 bridgehead atoms. The number of hydrogen-bond donors (Lipinski definition) is 0. The summed E-state index contributed by atoms with van der Waals surface area (Å²) >= 11 is 0. The van der Waals surface area contributed by atoms with E-state index in [9.17, 15) is 0 Å². The van der Waals surface area contributed by atoms with Gasteiger partial charge in [-0.3, -0.25) is 0 Å². The van der Waals surface area contributed by atoms with Crippen LogP contribution in [0.1, 0.15) is 11.1 Å². The van der Waals surface area contributed by atoms with Gasteiger partial charge in [-0.2, -0.15) is 0 Å². The lowest BCUT2D eigenvalue weighted by atomic mass is 10.2. The lowest BCUT2D eigenvalue weighted by Gasteiger charge is -2.11. The molecule has 0 unspecified atom stereocenters. The molecule has 0 aliphatic rings. The van der Waals surface area contributed by atoms with Crippen LogP contribution in [0.25, 0.3) is 0 Å². The molecule has 0 heterocycles. The Bertz CT molecular complexity index is 509. The normalized spacial score (nSPS) is 10.2. The van der Waals surface area contributed by atoms with Crippen molar-refractivity contribution in [1.29, 1.82) is 0 Å². The van der Waals surface area contributed by atoms with Gasteiger partial charge in [0.1, 0.15) is 11.5 Å². The first-order valence-corrected chi connectivity index (χ1v) is 6.16. The number of ether oxygens (including phenoxy) is 3. The Morgan fingerprint density at radius 2 is 1.63 bits per heavy atom. The molecule has 0 spiro atoms. The van der Waals surface area contributed by atoms with Crippen LogP contribution in [-0.2, 0) is 18.0 Å². The molecule has 0 fully saturated rings. The minimum absolute atomic E-state index is 0.495. The second-order valence-corrected chi connectivity index (χ2v) is 4.16. The van der Waals surface area contributed by atoms with Gasteiger partial charge in [-0.25, -0.2) is 0 Å². The molecule has 19 heavy (non-hydrogen) atoms. The molecular formula is C16H18O3. The molecular weight excluding hydrogens is 240 g/mol. The highest BCUT2D eigenvalue weighted by atomic mass is 16.5. The van der Waals surface area contributed by atoms with Gasteiger partial charge >= 0.3 is 0 Å². The predicted octanol–water partition coefficient (Wildman–Crippen LogP) is 3.42. The lowest BCUT2D eigenvalue weighted by Crippen LogP contribution is -1.98. The molecule has 2 aromatic rings. The molecule has 0 aromatic heterocycles. The van der Waals surface area contributed by atoms with Gasteiger partial charge in [-0.1, -0.05) is 30.3 Å². The van der Waals surface area contributed by atoms with E-state index in [0.29, 0.717) is 13.2 Å². The fourth-order valence-electron chi connectivity index (χ4n) is 1.85. The van der Waals surface area contributed by atoms with E-state index in [1.54, 1.807) is 14.2 Å². The number of benzene rings is 2. The Morgan fingerprint density at radius 3 is 2.32 bits per heavy atom. The summed E-state index contributed by atoms with van der Waals surface area (Å²) in [5, 5.41) is 0. The fourth-order valence-corrected chi connectivity index (χ4v) is 1.85. The van der Waals surface area contributed by atoms with Crippen LogP contribution >= 0.6 is 0 Å². The molecule has 0 aliphatic heterocycles. The standard InChI is InChI=1S/C16H18O3/c1-17-15-8-9-16(18-2)14(10-15)12-19-11-13-6-4-3-5-7-13/h3-10H,11-12H2,1-2H3. The first-order valence-electron chi connectivity index (χ1n) is 6.16. The van der Waals surface area contributed by atoms with Gasteiger partial charge in [0.05, 0.1) is 27.4 Å². The average molecular weight is 258 g/mol. The van der Waals surface area contributed by atoms with E-state index in [4.69, 9.17) is 14.2 Å². The van der Waals surface area contributed by atoms with Crippen LogP contribution in [0.4, 0.5) is 0 Å². The molecule has 0 N–H and O–H groups in total. The number of rotatable bonds is 6. The Labute approximate surface area is 113 Å². The van der Waals surface area contributed by atoms with Gasteiger partial charge < -0.3 is 14.2 Å². The molecule has 3 heteroatoms. The van der Waals surface area contributed by atoms with Crippen LogP contribution in [0.2, 0.25) is 0 Å². The first-order chi connectivity index (χ1) is 9.33. The number of methoxy groups -OCH3 is 2. The summed E-state index contributed by atoms with van der Waals surface area (Å²) in [5.41, 5.74) is 2.14. The molecule has 0 radical (unpaired) electrons. The van der Waals surface area contributed by atoms with Crippen molar-refractivity contribution in [2.24, 2.45) is 0 Å². The zero-order chi connectivity index (χ0) is 13.5. The summed E-state index contributed by atoms with van der Waals surface area (Å²) in [6, 6.07) is 15.8. The largest absolute Gasteiger partial charge is 0.497 e. The SMILES string of the molecule is COc1ccc(OC)c(COCc2ccccc2)c1. The van der Waals surface area contributed by atoms with E-state index in [-0.39, 0.29) is 0 Å². The molecule has 2 aromatic carbocycles. The second-order valence-electron chi connectivity index (χ2n) is 4.16. The molecule has 0 saturated carbocycles. The van der Waals surface area contributed by atoms with Crippen molar-refractivity contribution < 1.29 is 14.2 Å². The highest BCUT2D eigenvalue weighted by molar-refractivity contribution is 5.39. The van der Waals surface area contributed by atoms with Crippen molar-refractivity contribution in [3.8, 4) is 11.5 Å². The third-order valence-corrected chi connectivity index (χ3v) is 2.86. The molecule has 0 atom stereocenters. The van der Waals surface area contributed by atoms with E-state index in [2.05, 4.69) is 0 Å². The quantitative estimate of drug-likeness (QED) is 0.794. The van der Waals surface area contributed by atoms with Gasteiger partial charge in [0, 0.05) is 5.56 Å². The summed E-state index contributed by atoms with van der Waals surface area (Å²) in [6.07, 6.45) is 0. The molecule has 3 nitrogen and oxygen atoms in total. The molecule has 0 saturated heterocycles. The van der Waals surface area contributed by atoms with E-state index in [1.807, 2.05) is 48.5 Å². The maximum absolute atomic E-state index is 5.71. The minimum Gasteiger partial charge on any atom is -0.497 e. The Morgan fingerprint density at radius 1 is 0.842 bits per heavy atom. The maximum Gasteiger partial charge on any atom is 0.124 e. The summed E-state index contributed by atoms with van der Waals surface area (Å²) in [6.45, 7) is 1.08. The molecule has 0 amide bonds. The van der Waals surface area contributed by atoms with Crippen LogP contribution in [0.3, 0.4) is 0 Å². The van der Waals surface area contributed by atoms with Crippen molar-refractivity contribution >= 4 is 0 Å². The van der Waals surface area contributed by atoms with Gasteiger partial charge in [-0.15, -0.1) is 0 Å². The third kappa shape index (κ3) is 3.73. The van der Waals surface area contributed by atoms with Crippen LogP contribution in [0, 0.1) is 0 Å². The summed E-state index contributed by atoms with van der Waals surface area (Å²) in [7, 11) is 3.30. The van der Waals surface area contributed by atoms with Crippen LogP contribution in [0.15, 0.2) is 48.5 Å². The monoisotopic (exact) mass is 258 g/mol. The van der Waals surface area contributed by atoms with E-state index in [1.165, 1.54) is 0 Å². The number of hydrogen-bond acceptors (Lipinski definition) is 3. The lowest BCUT2D eigenvalue weighted by molar-refractivity contribution is 0.105. The average Bonchev–Trinajstić information content (AvgIpc) is 2.48. The zero-order valence-electron chi connectivity index (χ0n) is 11.3. The van der Waals surface area contributed by atoms with Gasteiger partial charge in [-0.05, 0) is 23.8 Å². The van der Waals surface area contributed by atoms with Crippen molar-refractivity contribution in [3.05, 3.63) is 59.7 Å². The summed E-state index contributed by atoms with van der Waals surface area (Å²) < 4.78 is 16.2. The van der Waals surface area contributed by atoms with Gasteiger partial charge in [0.2, 0.25) is 0 Å². The van der Waals surface area contributed by atoms with Crippen LogP contribution in [0.5, 0.6) is 11.5 Å². The summed E-state index contributed by atoms with van der Waals surface area (Å²) in [4.78, 5) is 0. The van der Waals surface area contributed by atoms with Crippen molar-refractivity contribution in [1.82, 2.24) is 0 Å². The van der Waals surface area contributed by atoms with E-state index >= 15 is 0 Å². The topological polar surface area (TPSA) is 27.7 Å². The van der Waals surface area contributed by atoms with Crippen LogP contribution in [-0.4, -0.2) is 14.2 Å². The molecule has 100 valence electrons. The van der Waals surface area contributed by atoms with Gasteiger partial charge in [0.15, 0.2) is 0 Å². The Hall–Kier alpha value is -2.00. The van der Waals surface area contributed by atoms with Crippen molar-refractivity contribution in [2.75, 3.05) is 14.2 Å². The Balaban J connectivity index is 1.98. The van der Waals surface area contributed by atoms with Crippen molar-refractivity contribution in [3.63, 3.8) is 0 Å². The smallest absolute Gasteiger partial charge is 0.124 e. The first kappa shape index (κ1) is 13.4. The minimum atomic E-state index is 0.495. The fraction of sp³-hybridized carbons (Fsp3) is 0.250. The zero-order valence-corrected chi connectivity index (χ0v) is 11.3. The van der Waals surface area contributed by atoms with E-state index < -0.39 is 0 Å². The van der Waals surface area contributed by atoms with Gasteiger partial charge in [0.25, 0.3) is 0 Å². The van der Waals surface area contributed by atoms with Crippen molar-refractivity contribution in [2.45, 2.75) is 13.2 Å². The summed E-state index contributed by atoms with van der Waals surface area (Å²) in [5.74, 6) is 1.62. The highest BCUT2D eigenvalue weighted by Crippen LogP contribution is 2.24. The van der Waals surface area contributed by atoms with Crippen LogP contribution < -0.4 is 9.47 Å².